The van der Waals surface area contributed by atoms with Crippen molar-refractivity contribution in [3.63, 3.8) is 0 Å². The lowest BCUT2D eigenvalue weighted by Gasteiger charge is -2.26. The molecule has 1 amide bonds. The molecule has 1 aliphatic heterocycles. The number of piperidine rings is 1. The van der Waals surface area contributed by atoms with Gasteiger partial charge in [-0.1, -0.05) is 31.5 Å². The largest absolute Gasteiger partial charge is 0.493 e. The summed E-state index contributed by atoms with van der Waals surface area (Å²) in [6.45, 7) is 3.71. The van der Waals surface area contributed by atoms with Crippen molar-refractivity contribution < 1.29 is 9.90 Å². The molecule has 1 aliphatic rings. The Morgan fingerprint density at radius 1 is 1.30 bits per heavy atom. The number of nitrogens with zero attached hydrogens (tertiary/aromatic N) is 2. The second-order valence-corrected chi connectivity index (χ2v) is 6.82. The van der Waals surface area contributed by atoms with Gasteiger partial charge in [0.2, 0.25) is 11.8 Å². The van der Waals surface area contributed by atoms with Gasteiger partial charge in [0.15, 0.2) is 5.16 Å². The molecule has 23 heavy (non-hydrogen) atoms. The Hall–Kier alpha value is -1.50. The number of nitrogens with one attached hydrogen (secondary N) is 1. The predicted octanol–water partition coefficient (Wildman–Crippen LogP) is 2.31. The number of hydrogen-bond donors (Lipinski definition) is 2. The highest BCUT2D eigenvalue weighted by molar-refractivity contribution is 7.99. The second-order valence-electron chi connectivity index (χ2n) is 5.86. The third-order valence-corrected chi connectivity index (χ3v) is 4.90. The monoisotopic (exact) mass is 339 g/mol. The molecule has 6 nitrogen and oxygen atoms in total. The molecule has 2 heterocycles. The number of H-pyrrole nitrogens is 1. The summed E-state index contributed by atoms with van der Waals surface area (Å²) >= 11 is 1.17. The summed E-state index contributed by atoms with van der Waals surface area (Å²) in [4.78, 5) is 32.7. The topological polar surface area (TPSA) is 86.3 Å². The van der Waals surface area contributed by atoms with Gasteiger partial charge in [-0.25, -0.2) is 0 Å². The lowest BCUT2D eigenvalue weighted by Crippen LogP contribution is -2.36. The van der Waals surface area contributed by atoms with Gasteiger partial charge in [0, 0.05) is 13.1 Å². The van der Waals surface area contributed by atoms with E-state index >= 15 is 0 Å². The Kier molecular flexibility index (Phi) is 6.95. The Balaban J connectivity index is 1.92. The van der Waals surface area contributed by atoms with E-state index in [2.05, 4.69) is 16.9 Å². The van der Waals surface area contributed by atoms with E-state index < -0.39 is 0 Å². The molecule has 2 rings (SSSR count). The van der Waals surface area contributed by atoms with Crippen molar-refractivity contribution in [3.8, 4) is 5.88 Å². The van der Waals surface area contributed by atoms with Gasteiger partial charge in [-0.2, -0.15) is 4.98 Å². The van der Waals surface area contributed by atoms with E-state index in [4.69, 9.17) is 0 Å². The molecule has 0 atom stereocenters. The average Bonchev–Trinajstić information content (AvgIpc) is 2.56. The van der Waals surface area contributed by atoms with Gasteiger partial charge in [-0.3, -0.25) is 9.59 Å². The van der Waals surface area contributed by atoms with Gasteiger partial charge in [0.25, 0.3) is 5.56 Å². The minimum Gasteiger partial charge on any atom is -0.493 e. The molecule has 1 fully saturated rings. The zero-order chi connectivity index (χ0) is 16.7. The molecule has 0 unspecified atom stereocenters. The van der Waals surface area contributed by atoms with Crippen LogP contribution in [0.4, 0.5) is 0 Å². The smallest absolute Gasteiger partial charge is 0.258 e. The Labute approximate surface area is 140 Å². The van der Waals surface area contributed by atoms with Gasteiger partial charge in [0.05, 0.1) is 11.3 Å². The van der Waals surface area contributed by atoms with E-state index in [1.807, 2.05) is 4.90 Å². The van der Waals surface area contributed by atoms with E-state index in [-0.39, 0.29) is 23.1 Å². The number of hydrogen-bond acceptors (Lipinski definition) is 5. The first kappa shape index (κ1) is 17.8. The number of carbonyl (C=O) groups is 1. The van der Waals surface area contributed by atoms with Crippen molar-refractivity contribution in [2.24, 2.45) is 0 Å². The molecular weight excluding hydrogens is 314 g/mol. The number of aromatic amines is 1. The molecule has 128 valence electrons. The van der Waals surface area contributed by atoms with Crippen LogP contribution in [-0.4, -0.2) is 44.7 Å². The first-order valence-corrected chi connectivity index (χ1v) is 9.33. The van der Waals surface area contributed by atoms with Crippen LogP contribution in [0.1, 0.15) is 51.0 Å². The van der Waals surface area contributed by atoms with Crippen molar-refractivity contribution in [2.75, 3.05) is 18.8 Å². The molecule has 0 bridgehead atoms. The molecule has 1 aromatic rings. The molecule has 0 radical (unpaired) electrons. The van der Waals surface area contributed by atoms with Gasteiger partial charge < -0.3 is 15.0 Å². The van der Waals surface area contributed by atoms with Crippen LogP contribution in [0.25, 0.3) is 0 Å². The first-order chi connectivity index (χ1) is 11.1. The van der Waals surface area contributed by atoms with E-state index in [0.29, 0.717) is 17.1 Å². The number of amides is 1. The lowest BCUT2D eigenvalue weighted by atomic mass is 10.1. The maximum Gasteiger partial charge on any atom is 0.258 e. The maximum absolute atomic E-state index is 12.1. The van der Waals surface area contributed by atoms with Crippen molar-refractivity contribution in [2.45, 2.75) is 57.0 Å². The highest BCUT2D eigenvalue weighted by atomic mass is 32.2. The Morgan fingerprint density at radius 2 is 2.04 bits per heavy atom. The van der Waals surface area contributed by atoms with Gasteiger partial charge in [-0.05, 0) is 32.1 Å². The van der Waals surface area contributed by atoms with E-state index in [1.165, 1.54) is 18.2 Å². The number of unbranched alkanes of at least 4 members (excludes halogenated alkanes) is 2. The number of aromatic hydroxyl groups is 1. The summed E-state index contributed by atoms with van der Waals surface area (Å²) in [5.74, 6) is 0.0824. The second kappa shape index (κ2) is 8.96. The molecule has 0 saturated carbocycles. The standard InChI is InChI=1S/C16H25N3O3S/c1-2-3-5-8-12-14(21)17-16(18-15(12)22)23-11-13(20)19-9-6-4-7-10-19/h2-11H2,1H3,(H2,17,18,21,22). The van der Waals surface area contributed by atoms with E-state index in [1.54, 1.807) is 0 Å². The number of carbonyl (C=O) groups excluding carboxylic acids is 1. The van der Waals surface area contributed by atoms with Crippen LogP contribution < -0.4 is 5.56 Å². The van der Waals surface area contributed by atoms with Crippen molar-refractivity contribution in [1.82, 2.24) is 14.9 Å². The molecule has 2 N–H and O–H groups in total. The fraction of sp³-hybridized carbons (Fsp3) is 0.688. The first-order valence-electron chi connectivity index (χ1n) is 8.34. The number of likely N-dealkylation sites (tertiary alicyclic amines) is 1. The number of thioether (sulfide) groups is 1. The lowest BCUT2D eigenvalue weighted by molar-refractivity contribution is -0.129. The van der Waals surface area contributed by atoms with Crippen molar-refractivity contribution in [1.29, 1.82) is 0 Å². The minimum atomic E-state index is -0.304. The molecule has 0 spiro atoms. The summed E-state index contributed by atoms with van der Waals surface area (Å²) in [5, 5.41) is 10.2. The van der Waals surface area contributed by atoms with Crippen LogP contribution in [0.3, 0.4) is 0 Å². The van der Waals surface area contributed by atoms with Crippen LogP contribution in [-0.2, 0) is 11.2 Å². The molecule has 1 saturated heterocycles. The average molecular weight is 339 g/mol. The zero-order valence-corrected chi connectivity index (χ0v) is 14.5. The molecule has 7 heteroatoms. The fourth-order valence-electron chi connectivity index (χ4n) is 2.68. The minimum absolute atomic E-state index is 0.0591. The SMILES string of the molecule is CCCCCc1c(O)nc(SCC(=O)N2CCCCC2)[nH]c1=O. The summed E-state index contributed by atoms with van der Waals surface area (Å²) in [6, 6.07) is 0. The zero-order valence-electron chi connectivity index (χ0n) is 13.6. The van der Waals surface area contributed by atoms with Crippen LogP contribution in [0.15, 0.2) is 9.95 Å². The van der Waals surface area contributed by atoms with E-state index in [9.17, 15) is 14.7 Å². The van der Waals surface area contributed by atoms with Crippen LogP contribution in [0.5, 0.6) is 5.88 Å². The predicted molar refractivity (Wildman–Crippen MR) is 90.9 cm³/mol. The Bertz CT molecular complexity index is 582. The third-order valence-electron chi connectivity index (χ3n) is 4.04. The van der Waals surface area contributed by atoms with Crippen molar-refractivity contribution >= 4 is 17.7 Å². The van der Waals surface area contributed by atoms with Gasteiger partial charge in [0.1, 0.15) is 0 Å². The van der Waals surface area contributed by atoms with Crippen LogP contribution >= 0.6 is 11.8 Å². The quantitative estimate of drug-likeness (QED) is 0.452. The molecule has 0 aromatic carbocycles. The van der Waals surface area contributed by atoms with Gasteiger partial charge in [-0.15, -0.1) is 0 Å². The number of aromatic nitrogens is 2. The van der Waals surface area contributed by atoms with Gasteiger partial charge >= 0.3 is 0 Å². The molecule has 1 aromatic heterocycles. The van der Waals surface area contributed by atoms with E-state index in [0.717, 1.165) is 45.2 Å². The summed E-state index contributed by atoms with van der Waals surface area (Å²) < 4.78 is 0. The van der Waals surface area contributed by atoms with Crippen molar-refractivity contribution in [3.05, 3.63) is 15.9 Å². The van der Waals surface area contributed by atoms with Crippen LogP contribution in [0, 0.1) is 0 Å². The highest BCUT2D eigenvalue weighted by Gasteiger charge is 2.17. The summed E-state index contributed by atoms with van der Waals surface area (Å²) in [7, 11) is 0. The third kappa shape index (κ3) is 5.27. The summed E-state index contributed by atoms with van der Waals surface area (Å²) in [5.41, 5.74) is 0.0340. The fourth-order valence-corrected chi connectivity index (χ4v) is 3.43. The maximum atomic E-state index is 12.1. The Morgan fingerprint density at radius 3 is 2.70 bits per heavy atom. The molecular formula is C16H25N3O3S. The summed E-state index contributed by atoms with van der Waals surface area (Å²) in [6.07, 6.45) is 6.74. The van der Waals surface area contributed by atoms with Crippen LogP contribution in [0.2, 0.25) is 0 Å². The molecule has 0 aliphatic carbocycles. The normalized spacial score (nSPS) is 14.9. The number of rotatable bonds is 7. The highest BCUT2D eigenvalue weighted by Crippen LogP contribution is 2.19.